The first-order valence-electron chi connectivity index (χ1n) is 6.26. The van der Waals surface area contributed by atoms with E-state index in [9.17, 15) is 0 Å². The minimum absolute atomic E-state index is 0.0756. The van der Waals surface area contributed by atoms with E-state index in [1.807, 2.05) is 26.0 Å². The monoisotopic (exact) mass is 312 g/mol. The van der Waals surface area contributed by atoms with Crippen molar-refractivity contribution >= 4 is 15.9 Å². The largest absolute Gasteiger partial charge is 0.371 e. The summed E-state index contributed by atoms with van der Waals surface area (Å²) < 4.78 is 18.7. The Bertz CT molecular complexity index is 429. The zero-order chi connectivity index (χ0) is 12.8. The van der Waals surface area contributed by atoms with Crippen molar-refractivity contribution in [3.63, 3.8) is 0 Å². The molecule has 2 aliphatic heterocycles. The highest BCUT2D eigenvalue weighted by Crippen LogP contribution is 2.38. The first-order valence-corrected chi connectivity index (χ1v) is 7.05. The second-order valence-electron chi connectivity index (χ2n) is 5.32. The van der Waals surface area contributed by atoms with Gasteiger partial charge in [0.15, 0.2) is 5.79 Å². The maximum Gasteiger partial charge on any atom is 0.163 e. The molecule has 0 N–H and O–H groups in total. The Hall–Kier alpha value is -0.420. The van der Waals surface area contributed by atoms with Crippen LogP contribution in [0.15, 0.2) is 28.7 Å². The quantitative estimate of drug-likeness (QED) is 0.795. The highest BCUT2D eigenvalue weighted by molar-refractivity contribution is 9.10. The van der Waals surface area contributed by atoms with E-state index in [1.54, 1.807) is 0 Å². The summed E-state index contributed by atoms with van der Waals surface area (Å²) in [6, 6.07) is 8.27. The average Bonchev–Trinajstić information content (AvgIpc) is 2.62. The SMILES string of the molecule is CC1(C)O[C@H]2C[C@@H](c3ccc(Br)cc3)OC[C@H]2O1. The molecule has 0 aromatic heterocycles. The standard InChI is InChI=1S/C14H17BrO3/c1-14(2)17-12-7-11(16-8-13(12)18-14)9-3-5-10(15)6-4-9/h3-6,11-13H,7-8H2,1-2H3/t11-,12-,13+/m0/s1. The molecule has 3 atom stereocenters. The Labute approximate surface area is 116 Å². The molecule has 0 saturated carbocycles. The zero-order valence-electron chi connectivity index (χ0n) is 10.6. The van der Waals surface area contributed by atoms with Crippen molar-refractivity contribution < 1.29 is 14.2 Å². The van der Waals surface area contributed by atoms with E-state index < -0.39 is 5.79 Å². The lowest BCUT2D eigenvalue weighted by atomic mass is 9.98. The van der Waals surface area contributed by atoms with Crippen molar-refractivity contribution in [2.24, 2.45) is 0 Å². The van der Waals surface area contributed by atoms with E-state index in [-0.39, 0.29) is 18.3 Å². The van der Waals surface area contributed by atoms with E-state index in [0.29, 0.717) is 6.61 Å². The fourth-order valence-corrected chi connectivity index (χ4v) is 2.91. The molecule has 98 valence electrons. The lowest BCUT2D eigenvalue weighted by Gasteiger charge is -2.30. The molecule has 0 spiro atoms. The minimum atomic E-state index is -0.479. The first-order chi connectivity index (χ1) is 8.53. The molecule has 0 radical (unpaired) electrons. The molecule has 0 amide bonds. The molecule has 3 nitrogen and oxygen atoms in total. The number of benzene rings is 1. The molecule has 2 saturated heterocycles. The summed E-state index contributed by atoms with van der Waals surface area (Å²) >= 11 is 3.44. The number of ether oxygens (including phenoxy) is 3. The van der Waals surface area contributed by atoms with Crippen LogP contribution in [0.4, 0.5) is 0 Å². The third-order valence-corrected chi connectivity index (χ3v) is 3.96. The van der Waals surface area contributed by atoms with E-state index in [4.69, 9.17) is 14.2 Å². The molecule has 2 heterocycles. The van der Waals surface area contributed by atoms with Crippen molar-refractivity contribution in [3.8, 4) is 0 Å². The number of hydrogen-bond donors (Lipinski definition) is 0. The van der Waals surface area contributed by atoms with Gasteiger partial charge in [-0.1, -0.05) is 28.1 Å². The smallest absolute Gasteiger partial charge is 0.163 e. The van der Waals surface area contributed by atoms with Gasteiger partial charge in [-0.05, 0) is 31.5 Å². The van der Waals surface area contributed by atoms with Gasteiger partial charge in [-0.25, -0.2) is 0 Å². The maximum atomic E-state index is 5.92. The Morgan fingerprint density at radius 3 is 2.50 bits per heavy atom. The number of fused-ring (bicyclic) bond motifs is 1. The molecule has 3 rings (SSSR count). The van der Waals surface area contributed by atoms with Crippen molar-refractivity contribution in [1.82, 2.24) is 0 Å². The van der Waals surface area contributed by atoms with E-state index >= 15 is 0 Å². The molecule has 2 fully saturated rings. The average molecular weight is 313 g/mol. The lowest BCUT2D eigenvalue weighted by molar-refractivity contribution is -0.146. The fraction of sp³-hybridized carbons (Fsp3) is 0.571. The van der Waals surface area contributed by atoms with Gasteiger partial charge >= 0.3 is 0 Å². The highest BCUT2D eigenvalue weighted by Gasteiger charge is 2.45. The molecular weight excluding hydrogens is 296 g/mol. The summed E-state index contributed by atoms with van der Waals surface area (Å²) in [6.45, 7) is 4.52. The van der Waals surface area contributed by atoms with Gasteiger partial charge < -0.3 is 14.2 Å². The molecule has 0 aliphatic carbocycles. The topological polar surface area (TPSA) is 27.7 Å². The number of hydrogen-bond acceptors (Lipinski definition) is 3. The van der Waals surface area contributed by atoms with Gasteiger partial charge in [-0.2, -0.15) is 0 Å². The second kappa shape index (κ2) is 4.60. The molecule has 1 aromatic carbocycles. The summed E-state index contributed by atoms with van der Waals surface area (Å²) in [6.07, 6.45) is 1.18. The van der Waals surface area contributed by atoms with Crippen molar-refractivity contribution in [2.45, 2.75) is 44.4 Å². The molecule has 1 aromatic rings. The molecule has 2 aliphatic rings. The molecule has 4 heteroatoms. The Balaban J connectivity index is 1.72. The van der Waals surface area contributed by atoms with E-state index in [1.165, 1.54) is 5.56 Å². The van der Waals surface area contributed by atoms with Crippen LogP contribution < -0.4 is 0 Å². The van der Waals surface area contributed by atoms with Gasteiger partial charge in [-0.15, -0.1) is 0 Å². The number of halogens is 1. The Morgan fingerprint density at radius 1 is 1.11 bits per heavy atom. The third-order valence-electron chi connectivity index (χ3n) is 3.43. The van der Waals surface area contributed by atoms with Crippen LogP contribution in [-0.2, 0) is 14.2 Å². The zero-order valence-corrected chi connectivity index (χ0v) is 12.1. The molecule has 0 bridgehead atoms. The Morgan fingerprint density at radius 2 is 1.78 bits per heavy atom. The van der Waals surface area contributed by atoms with Crippen molar-refractivity contribution in [2.75, 3.05) is 6.61 Å². The molecule has 18 heavy (non-hydrogen) atoms. The van der Waals surface area contributed by atoms with E-state index in [2.05, 4.69) is 28.1 Å². The Kier molecular flexibility index (Phi) is 3.22. The van der Waals surface area contributed by atoms with Crippen LogP contribution in [-0.4, -0.2) is 24.6 Å². The van der Waals surface area contributed by atoms with Crippen molar-refractivity contribution in [3.05, 3.63) is 34.3 Å². The van der Waals surface area contributed by atoms with Crippen LogP contribution in [0.5, 0.6) is 0 Å². The normalized spacial score (nSPS) is 34.3. The second-order valence-corrected chi connectivity index (χ2v) is 6.24. The minimum Gasteiger partial charge on any atom is -0.371 e. The highest BCUT2D eigenvalue weighted by atomic mass is 79.9. The van der Waals surface area contributed by atoms with Crippen LogP contribution in [0.3, 0.4) is 0 Å². The van der Waals surface area contributed by atoms with Gasteiger partial charge in [0.1, 0.15) is 6.10 Å². The predicted octanol–water partition coefficient (Wildman–Crippen LogP) is 3.43. The van der Waals surface area contributed by atoms with Crippen LogP contribution in [0, 0.1) is 0 Å². The predicted molar refractivity (Wildman–Crippen MR) is 71.3 cm³/mol. The fourth-order valence-electron chi connectivity index (χ4n) is 2.65. The van der Waals surface area contributed by atoms with Gasteiger partial charge in [0.25, 0.3) is 0 Å². The number of rotatable bonds is 1. The molecule has 0 unspecified atom stereocenters. The van der Waals surface area contributed by atoms with Gasteiger partial charge in [0.2, 0.25) is 0 Å². The first kappa shape index (κ1) is 12.6. The van der Waals surface area contributed by atoms with Crippen LogP contribution >= 0.6 is 15.9 Å². The lowest BCUT2D eigenvalue weighted by Crippen LogP contribution is -2.35. The summed E-state index contributed by atoms with van der Waals surface area (Å²) in [5.74, 6) is -0.479. The van der Waals surface area contributed by atoms with Crippen molar-refractivity contribution in [1.29, 1.82) is 0 Å². The maximum absolute atomic E-state index is 5.92. The summed E-state index contributed by atoms with van der Waals surface area (Å²) in [4.78, 5) is 0. The molecular formula is C14H17BrO3. The van der Waals surface area contributed by atoms with Gasteiger partial charge in [-0.3, -0.25) is 0 Å². The summed E-state index contributed by atoms with van der Waals surface area (Å²) in [7, 11) is 0. The third kappa shape index (κ3) is 2.48. The summed E-state index contributed by atoms with van der Waals surface area (Å²) in [5.41, 5.74) is 1.20. The van der Waals surface area contributed by atoms with Crippen LogP contribution in [0.25, 0.3) is 0 Å². The van der Waals surface area contributed by atoms with Crippen LogP contribution in [0.1, 0.15) is 31.9 Å². The van der Waals surface area contributed by atoms with E-state index in [0.717, 1.165) is 10.9 Å². The van der Waals surface area contributed by atoms with Gasteiger partial charge in [0, 0.05) is 10.9 Å². The summed E-state index contributed by atoms with van der Waals surface area (Å²) in [5, 5.41) is 0. The van der Waals surface area contributed by atoms with Gasteiger partial charge in [0.05, 0.1) is 18.8 Å². The van der Waals surface area contributed by atoms with Crippen LogP contribution in [0.2, 0.25) is 0 Å².